The molecule has 0 spiro atoms. The lowest BCUT2D eigenvalue weighted by molar-refractivity contribution is 0.253. The van der Waals surface area contributed by atoms with Crippen LogP contribution in [-0.4, -0.2) is 35.5 Å². The molecule has 0 unspecified atom stereocenters. The average molecular weight is 256 g/mol. The Bertz CT molecular complexity index is 503. The Labute approximate surface area is 101 Å². The van der Waals surface area contributed by atoms with Gasteiger partial charge in [0.05, 0.1) is 18.0 Å². The lowest BCUT2D eigenvalue weighted by Crippen LogP contribution is -2.38. The molecule has 1 aliphatic rings. The van der Waals surface area contributed by atoms with Gasteiger partial charge in [-0.25, -0.2) is 18.4 Å². The Balaban J connectivity index is 2.34. The molecular formula is C10H16N4O2S. The smallest absolute Gasteiger partial charge is 0.220 e. The van der Waals surface area contributed by atoms with Crippen LogP contribution in [0.25, 0.3) is 0 Å². The summed E-state index contributed by atoms with van der Waals surface area (Å²) in [6.07, 6.45) is 5.47. The fourth-order valence-corrected chi connectivity index (χ4v) is 3.31. The molecule has 1 aromatic heterocycles. The molecule has 2 N–H and O–H groups in total. The zero-order chi connectivity index (χ0) is 12.5. The summed E-state index contributed by atoms with van der Waals surface area (Å²) >= 11 is 0. The van der Waals surface area contributed by atoms with E-state index in [0.717, 1.165) is 19.3 Å². The monoisotopic (exact) mass is 256 g/mol. The molecule has 7 heteroatoms. The first kappa shape index (κ1) is 12.3. The van der Waals surface area contributed by atoms with Gasteiger partial charge in [-0.05, 0) is 18.9 Å². The lowest BCUT2D eigenvalue weighted by Gasteiger charge is -2.33. The number of nitrogens with two attached hydrogens (primary N) is 1. The summed E-state index contributed by atoms with van der Waals surface area (Å²) < 4.78 is 24.9. The van der Waals surface area contributed by atoms with E-state index in [1.54, 1.807) is 12.3 Å². The second-order valence-corrected chi connectivity index (χ2v) is 6.16. The van der Waals surface area contributed by atoms with Crippen molar-refractivity contribution in [2.75, 3.05) is 18.5 Å². The quantitative estimate of drug-likeness (QED) is 0.834. The minimum Gasteiger partial charge on any atom is -0.368 e. The SMILES string of the molecule is CS(=O)(=O)N1CCCC[C@@H]1c1ccnc(N)n1. The van der Waals surface area contributed by atoms with E-state index in [0.29, 0.717) is 12.2 Å². The third kappa shape index (κ3) is 2.73. The highest BCUT2D eigenvalue weighted by Crippen LogP contribution is 2.31. The third-order valence-electron chi connectivity index (χ3n) is 2.92. The average Bonchev–Trinajstić information content (AvgIpc) is 2.28. The van der Waals surface area contributed by atoms with Crippen molar-refractivity contribution in [2.24, 2.45) is 0 Å². The largest absolute Gasteiger partial charge is 0.368 e. The Morgan fingerprint density at radius 1 is 1.47 bits per heavy atom. The molecule has 2 heterocycles. The van der Waals surface area contributed by atoms with E-state index in [1.807, 2.05) is 0 Å². The molecule has 6 nitrogen and oxygen atoms in total. The van der Waals surface area contributed by atoms with Crippen LogP contribution in [0.4, 0.5) is 5.95 Å². The van der Waals surface area contributed by atoms with Gasteiger partial charge < -0.3 is 5.73 Å². The van der Waals surface area contributed by atoms with Crippen molar-refractivity contribution in [1.29, 1.82) is 0 Å². The van der Waals surface area contributed by atoms with Gasteiger partial charge in [-0.15, -0.1) is 0 Å². The maximum absolute atomic E-state index is 11.7. The highest BCUT2D eigenvalue weighted by molar-refractivity contribution is 7.88. The van der Waals surface area contributed by atoms with Crippen LogP contribution in [0, 0.1) is 0 Å². The molecule has 1 fully saturated rings. The fourth-order valence-electron chi connectivity index (χ4n) is 2.17. The zero-order valence-corrected chi connectivity index (χ0v) is 10.5. The van der Waals surface area contributed by atoms with Gasteiger partial charge >= 0.3 is 0 Å². The molecule has 1 aliphatic heterocycles. The predicted octanol–water partition coefficient (Wildman–Crippen LogP) is 0.545. The standard InChI is InChI=1S/C10H16N4O2S/c1-17(15,16)14-7-3-2-4-9(14)8-5-6-12-10(11)13-8/h5-6,9H,2-4,7H2,1H3,(H2,11,12,13)/t9-/m1/s1. The molecule has 0 bridgehead atoms. The minimum absolute atomic E-state index is 0.182. The number of hydrogen-bond acceptors (Lipinski definition) is 5. The number of nitrogen functional groups attached to an aromatic ring is 1. The highest BCUT2D eigenvalue weighted by atomic mass is 32.2. The van der Waals surface area contributed by atoms with Gasteiger partial charge in [0, 0.05) is 12.7 Å². The van der Waals surface area contributed by atoms with Crippen molar-refractivity contribution in [3.05, 3.63) is 18.0 Å². The van der Waals surface area contributed by atoms with Crippen LogP contribution < -0.4 is 5.73 Å². The number of nitrogens with zero attached hydrogens (tertiary/aromatic N) is 3. The number of piperidine rings is 1. The van der Waals surface area contributed by atoms with Crippen LogP contribution in [0.2, 0.25) is 0 Å². The molecule has 0 radical (unpaired) electrons. The van der Waals surface area contributed by atoms with Gasteiger partial charge in [0.1, 0.15) is 0 Å². The summed E-state index contributed by atoms with van der Waals surface area (Å²) in [5, 5.41) is 0. The molecule has 0 aliphatic carbocycles. The van der Waals surface area contributed by atoms with Gasteiger partial charge in [0.15, 0.2) is 0 Å². The van der Waals surface area contributed by atoms with E-state index < -0.39 is 10.0 Å². The topological polar surface area (TPSA) is 89.2 Å². The van der Waals surface area contributed by atoms with Gasteiger partial charge in [-0.1, -0.05) is 6.42 Å². The highest BCUT2D eigenvalue weighted by Gasteiger charge is 2.31. The van der Waals surface area contributed by atoms with Crippen molar-refractivity contribution in [3.63, 3.8) is 0 Å². The van der Waals surface area contributed by atoms with Gasteiger partial charge in [-0.2, -0.15) is 4.31 Å². The lowest BCUT2D eigenvalue weighted by atomic mass is 10.0. The van der Waals surface area contributed by atoms with Crippen LogP contribution in [0.5, 0.6) is 0 Å². The van der Waals surface area contributed by atoms with E-state index in [9.17, 15) is 8.42 Å². The second kappa shape index (κ2) is 4.58. The number of rotatable bonds is 2. The first-order valence-electron chi connectivity index (χ1n) is 5.54. The summed E-state index contributed by atoms with van der Waals surface area (Å²) in [4.78, 5) is 7.94. The molecule has 1 saturated heterocycles. The van der Waals surface area contributed by atoms with Crippen LogP contribution in [0.15, 0.2) is 12.3 Å². The molecule has 17 heavy (non-hydrogen) atoms. The van der Waals surface area contributed by atoms with Crippen molar-refractivity contribution in [2.45, 2.75) is 25.3 Å². The molecule has 1 aromatic rings. The van der Waals surface area contributed by atoms with E-state index in [-0.39, 0.29) is 12.0 Å². The van der Waals surface area contributed by atoms with Crippen molar-refractivity contribution in [3.8, 4) is 0 Å². The summed E-state index contributed by atoms with van der Waals surface area (Å²) in [6.45, 7) is 0.549. The van der Waals surface area contributed by atoms with E-state index >= 15 is 0 Å². The van der Waals surface area contributed by atoms with E-state index in [4.69, 9.17) is 5.73 Å². The number of anilines is 1. The number of sulfonamides is 1. The van der Waals surface area contributed by atoms with Gasteiger partial charge in [0.25, 0.3) is 0 Å². The summed E-state index contributed by atoms with van der Waals surface area (Å²) in [7, 11) is -3.20. The Morgan fingerprint density at radius 3 is 2.88 bits per heavy atom. The van der Waals surface area contributed by atoms with Crippen molar-refractivity contribution in [1.82, 2.24) is 14.3 Å². The Hall–Kier alpha value is -1.21. The van der Waals surface area contributed by atoms with Crippen molar-refractivity contribution < 1.29 is 8.42 Å². The fraction of sp³-hybridized carbons (Fsp3) is 0.600. The molecule has 1 atom stereocenters. The normalized spacial score (nSPS) is 22.5. The van der Waals surface area contributed by atoms with Crippen LogP contribution in [0.3, 0.4) is 0 Å². The number of hydrogen-bond donors (Lipinski definition) is 1. The predicted molar refractivity (Wildman–Crippen MR) is 64.6 cm³/mol. The molecular weight excluding hydrogens is 240 g/mol. The Kier molecular flexibility index (Phi) is 3.30. The van der Waals surface area contributed by atoms with Crippen LogP contribution >= 0.6 is 0 Å². The number of aromatic nitrogens is 2. The maximum Gasteiger partial charge on any atom is 0.220 e. The summed E-state index contributed by atoms with van der Waals surface area (Å²) in [5.74, 6) is 0.182. The minimum atomic E-state index is -3.20. The van der Waals surface area contributed by atoms with Gasteiger partial charge in [-0.3, -0.25) is 0 Å². The van der Waals surface area contributed by atoms with Gasteiger partial charge in [0.2, 0.25) is 16.0 Å². The summed E-state index contributed by atoms with van der Waals surface area (Å²) in [5.41, 5.74) is 6.21. The first-order valence-corrected chi connectivity index (χ1v) is 7.38. The second-order valence-electron chi connectivity index (χ2n) is 4.22. The van der Waals surface area contributed by atoms with Crippen LogP contribution in [0.1, 0.15) is 31.0 Å². The zero-order valence-electron chi connectivity index (χ0n) is 9.70. The first-order chi connectivity index (χ1) is 7.98. The molecule has 94 valence electrons. The maximum atomic E-state index is 11.7. The molecule has 0 aromatic carbocycles. The Morgan fingerprint density at radius 2 is 2.24 bits per heavy atom. The molecule has 2 rings (SSSR count). The van der Waals surface area contributed by atoms with E-state index in [2.05, 4.69) is 9.97 Å². The third-order valence-corrected chi connectivity index (χ3v) is 4.21. The van der Waals surface area contributed by atoms with E-state index in [1.165, 1.54) is 10.6 Å². The molecule has 0 saturated carbocycles. The summed E-state index contributed by atoms with van der Waals surface area (Å²) in [6, 6.07) is 1.52. The van der Waals surface area contributed by atoms with Crippen molar-refractivity contribution >= 4 is 16.0 Å². The van der Waals surface area contributed by atoms with Crippen LogP contribution in [-0.2, 0) is 10.0 Å². The molecule has 0 amide bonds.